The molecule has 3 rings (SSSR count). The second-order valence-corrected chi connectivity index (χ2v) is 4.57. The number of nitrogens with zero attached hydrogens (tertiary/aromatic N) is 1. The van der Waals surface area contributed by atoms with Crippen LogP contribution in [0.4, 0.5) is 0 Å². The van der Waals surface area contributed by atoms with Gasteiger partial charge in [0, 0.05) is 19.1 Å². The third-order valence-electron chi connectivity index (χ3n) is 3.47. The van der Waals surface area contributed by atoms with Crippen LogP contribution in [0.2, 0.25) is 0 Å². The van der Waals surface area contributed by atoms with Crippen LogP contribution in [0.3, 0.4) is 0 Å². The van der Waals surface area contributed by atoms with Gasteiger partial charge < -0.3 is 14.9 Å². The first-order chi connectivity index (χ1) is 7.90. The van der Waals surface area contributed by atoms with Crippen molar-refractivity contribution in [3.8, 4) is 0 Å². The maximum absolute atomic E-state index is 5.79. The maximum Gasteiger partial charge on any atom is 0.123 e. The fourth-order valence-corrected chi connectivity index (χ4v) is 2.57. The Morgan fingerprint density at radius 3 is 2.94 bits per heavy atom. The third-order valence-corrected chi connectivity index (χ3v) is 3.47. The van der Waals surface area contributed by atoms with Crippen molar-refractivity contribution in [3.63, 3.8) is 0 Å². The largest absolute Gasteiger partial charge is 0.468 e. The van der Waals surface area contributed by atoms with Crippen LogP contribution in [0, 0.1) is 0 Å². The molecule has 1 saturated carbocycles. The smallest absolute Gasteiger partial charge is 0.123 e. The summed E-state index contributed by atoms with van der Waals surface area (Å²) < 4.78 is 11.3. The molecule has 2 unspecified atom stereocenters. The molecular formula is C12H18N2O2. The van der Waals surface area contributed by atoms with Gasteiger partial charge in [-0.3, -0.25) is 4.90 Å². The molecule has 1 saturated heterocycles. The Morgan fingerprint density at radius 1 is 1.44 bits per heavy atom. The van der Waals surface area contributed by atoms with Crippen molar-refractivity contribution in [1.29, 1.82) is 0 Å². The van der Waals surface area contributed by atoms with E-state index < -0.39 is 0 Å². The lowest BCUT2D eigenvalue weighted by Crippen LogP contribution is -2.48. The monoisotopic (exact) mass is 222 g/mol. The van der Waals surface area contributed by atoms with Gasteiger partial charge in [-0.15, -0.1) is 0 Å². The number of ether oxygens (including phenoxy) is 1. The quantitative estimate of drug-likeness (QED) is 0.833. The lowest BCUT2D eigenvalue weighted by molar-refractivity contribution is -0.0775. The third kappa shape index (κ3) is 1.77. The molecule has 1 aliphatic carbocycles. The Balaban J connectivity index is 1.86. The van der Waals surface area contributed by atoms with Crippen molar-refractivity contribution in [3.05, 3.63) is 24.2 Å². The molecule has 0 aromatic carbocycles. The Morgan fingerprint density at radius 2 is 2.31 bits per heavy atom. The molecule has 16 heavy (non-hydrogen) atoms. The molecular weight excluding hydrogens is 204 g/mol. The van der Waals surface area contributed by atoms with E-state index in [0.29, 0.717) is 12.6 Å². The fourth-order valence-electron chi connectivity index (χ4n) is 2.57. The average molecular weight is 222 g/mol. The minimum atomic E-state index is 0.0699. The lowest BCUT2D eigenvalue weighted by atomic mass is 10.0. The Bertz CT molecular complexity index is 335. The minimum Gasteiger partial charge on any atom is -0.468 e. The number of hydrogen-bond acceptors (Lipinski definition) is 4. The molecule has 1 aromatic heterocycles. The highest BCUT2D eigenvalue weighted by Gasteiger charge is 2.41. The molecule has 2 fully saturated rings. The van der Waals surface area contributed by atoms with Gasteiger partial charge in [0.05, 0.1) is 25.0 Å². The molecule has 0 amide bonds. The molecule has 0 bridgehead atoms. The fraction of sp³-hybridized carbons (Fsp3) is 0.667. The van der Waals surface area contributed by atoms with Crippen LogP contribution in [0.25, 0.3) is 0 Å². The highest BCUT2D eigenvalue weighted by molar-refractivity contribution is 5.10. The van der Waals surface area contributed by atoms with Gasteiger partial charge in [0.2, 0.25) is 0 Å². The van der Waals surface area contributed by atoms with Crippen molar-refractivity contribution >= 4 is 0 Å². The van der Waals surface area contributed by atoms with Crippen molar-refractivity contribution in [1.82, 2.24) is 4.90 Å². The molecule has 2 N–H and O–H groups in total. The van der Waals surface area contributed by atoms with E-state index >= 15 is 0 Å². The van der Waals surface area contributed by atoms with Gasteiger partial charge in [0.1, 0.15) is 5.76 Å². The zero-order valence-corrected chi connectivity index (χ0v) is 9.34. The molecule has 0 radical (unpaired) electrons. The molecule has 2 aliphatic rings. The first kappa shape index (κ1) is 10.3. The zero-order valence-electron chi connectivity index (χ0n) is 9.34. The van der Waals surface area contributed by atoms with Crippen LogP contribution >= 0.6 is 0 Å². The van der Waals surface area contributed by atoms with Crippen LogP contribution in [-0.2, 0) is 4.74 Å². The Kier molecular flexibility index (Phi) is 2.71. The maximum atomic E-state index is 5.79. The first-order valence-corrected chi connectivity index (χ1v) is 6.01. The van der Waals surface area contributed by atoms with Crippen LogP contribution in [0.15, 0.2) is 22.8 Å². The van der Waals surface area contributed by atoms with E-state index in [2.05, 4.69) is 4.90 Å². The van der Waals surface area contributed by atoms with Crippen LogP contribution in [-0.4, -0.2) is 36.7 Å². The predicted molar refractivity (Wildman–Crippen MR) is 60.0 cm³/mol. The topological polar surface area (TPSA) is 51.6 Å². The van der Waals surface area contributed by atoms with Crippen LogP contribution < -0.4 is 5.73 Å². The van der Waals surface area contributed by atoms with Gasteiger partial charge in [-0.1, -0.05) is 0 Å². The van der Waals surface area contributed by atoms with Crippen molar-refractivity contribution in [2.45, 2.75) is 31.0 Å². The molecule has 1 aliphatic heterocycles. The summed E-state index contributed by atoms with van der Waals surface area (Å²) in [5, 5.41) is 0. The zero-order chi connectivity index (χ0) is 11.0. The van der Waals surface area contributed by atoms with Crippen molar-refractivity contribution in [2.24, 2.45) is 5.73 Å². The summed E-state index contributed by atoms with van der Waals surface area (Å²) in [6.45, 7) is 2.33. The molecule has 88 valence electrons. The van der Waals surface area contributed by atoms with E-state index in [1.807, 2.05) is 12.1 Å². The number of hydrogen-bond donors (Lipinski definition) is 1. The highest BCUT2D eigenvalue weighted by atomic mass is 16.5. The van der Waals surface area contributed by atoms with Gasteiger partial charge >= 0.3 is 0 Å². The summed E-state index contributed by atoms with van der Waals surface area (Å²) in [5.41, 5.74) is 5.79. The normalized spacial score (nSPS) is 31.8. The standard InChI is InChI=1S/C12H18N2O2/c13-8-11-12(10-2-1-6-15-10)14(5-7-16-11)9-3-4-9/h1-2,6,9,11-12H,3-5,7-8,13H2. The molecule has 0 spiro atoms. The summed E-state index contributed by atoms with van der Waals surface area (Å²) in [5.74, 6) is 0.988. The average Bonchev–Trinajstić information content (AvgIpc) is 3.04. The lowest BCUT2D eigenvalue weighted by Gasteiger charge is -2.39. The van der Waals surface area contributed by atoms with Gasteiger partial charge in [0.15, 0.2) is 0 Å². The summed E-state index contributed by atoms with van der Waals surface area (Å²) in [4.78, 5) is 2.50. The summed E-state index contributed by atoms with van der Waals surface area (Å²) >= 11 is 0. The second-order valence-electron chi connectivity index (χ2n) is 4.57. The highest BCUT2D eigenvalue weighted by Crippen LogP contribution is 2.38. The van der Waals surface area contributed by atoms with E-state index in [1.165, 1.54) is 12.8 Å². The summed E-state index contributed by atoms with van der Waals surface area (Å²) in [6.07, 6.45) is 4.39. The van der Waals surface area contributed by atoms with E-state index in [0.717, 1.165) is 18.9 Å². The molecule has 4 nitrogen and oxygen atoms in total. The predicted octanol–water partition coefficient (Wildman–Crippen LogP) is 1.14. The molecule has 1 aromatic rings. The summed E-state index contributed by atoms with van der Waals surface area (Å²) in [6, 6.07) is 4.88. The number of nitrogens with two attached hydrogens (primary N) is 1. The van der Waals surface area contributed by atoms with E-state index in [9.17, 15) is 0 Å². The first-order valence-electron chi connectivity index (χ1n) is 6.01. The van der Waals surface area contributed by atoms with E-state index in [-0.39, 0.29) is 12.1 Å². The molecule has 2 atom stereocenters. The van der Waals surface area contributed by atoms with Crippen LogP contribution in [0.1, 0.15) is 24.6 Å². The van der Waals surface area contributed by atoms with E-state index in [4.69, 9.17) is 14.9 Å². The summed E-state index contributed by atoms with van der Waals surface area (Å²) in [7, 11) is 0. The van der Waals surface area contributed by atoms with Crippen molar-refractivity contribution in [2.75, 3.05) is 19.7 Å². The second kappa shape index (κ2) is 4.20. The van der Waals surface area contributed by atoms with Gasteiger partial charge in [0.25, 0.3) is 0 Å². The van der Waals surface area contributed by atoms with Gasteiger partial charge in [-0.2, -0.15) is 0 Å². The number of rotatable bonds is 3. The Labute approximate surface area is 95.3 Å². The van der Waals surface area contributed by atoms with Gasteiger partial charge in [-0.25, -0.2) is 0 Å². The SMILES string of the molecule is NCC1OCCN(C2CC2)C1c1ccco1. The Hall–Kier alpha value is -0.840. The van der Waals surface area contributed by atoms with Crippen LogP contribution in [0.5, 0.6) is 0 Å². The van der Waals surface area contributed by atoms with Gasteiger partial charge in [-0.05, 0) is 25.0 Å². The molecule has 4 heteroatoms. The molecule has 2 heterocycles. The number of morpholine rings is 1. The van der Waals surface area contributed by atoms with E-state index in [1.54, 1.807) is 6.26 Å². The minimum absolute atomic E-state index is 0.0699. The number of furan rings is 1. The van der Waals surface area contributed by atoms with Crippen molar-refractivity contribution < 1.29 is 9.15 Å².